The van der Waals surface area contributed by atoms with Crippen molar-refractivity contribution in [2.45, 2.75) is 45.8 Å². The molecule has 34 heavy (non-hydrogen) atoms. The van der Waals surface area contributed by atoms with Crippen LogP contribution in [0.1, 0.15) is 33.3 Å². The van der Waals surface area contributed by atoms with E-state index in [-0.39, 0.29) is 22.3 Å². The molecule has 0 aliphatic rings. The predicted molar refractivity (Wildman–Crippen MR) is 133 cm³/mol. The Balaban J connectivity index is 2.48. The van der Waals surface area contributed by atoms with Gasteiger partial charge in [0.2, 0.25) is 21.8 Å². The summed E-state index contributed by atoms with van der Waals surface area (Å²) in [6.45, 7) is 5.99. The molecule has 186 valence electrons. The molecule has 0 saturated heterocycles. The molecule has 0 aliphatic carbocycles. The van der Waals surface area contributed by atoms with Gasteiger partial charge in [-0.2, -0.15) is 0 Å². The number of hydrogen-bond acceptors (Lipinski definition) is 4. The Morgan fingerprint density at radius 2 is 1.62 bits per heavy atom. The summed E-state index contributed by atoms with van der Waals surface area (Å²) >= 11 is 12.6. The number of anilines is 1. The zero-order valence-electron chi connectivity index (χ0n) is 19.6. The van der Waals surface area contributed by atoms with Gasteiger partial charge < -0.3 is 10.2 Å². The molecular weight excluding hydrogens is 504 g/mol. The topological polar surface area (TPSA) is 86.8 Å². The van der Waals surface area contributed by atoms with E-state index in [0.29, 0.717) is 9.87 Å². The lowest BCUT2D eigenvalue weighted by atomic mass is 10.1. The number of halogens is 3. The number of para-hydroxylation sites is 1. The Kier molecular flexibility index (Phi) is 8.96. The number of sulfonamides is 1. The summed E-state index contributed by atoms with van der Waals surface area (Å²) in [7, 11) is -4.04. The molecular formula is C23H28Cl2FN3O4S. The average Bonchev–Trinajstić information content (AvgIpc) is 2.70. The molecule has 0 fully saturated rings. The maximum atomic E-state index is 14.4. The van der Waals surface area contributed by atoms with Crippen LogP contribution >= 0.6 is 23.2 Å². The normalized spacial score (nSPS) is 12.7. The smallest absolute Gasteiger partial charge is 0.244 e. The highest BCUT2D eigenvalue weighted by Gasteiger charge is 2.32. The molecule has 0 saturated carbocycles. The highest BCUT2D eigenvalue weighted by atomic mass is 35.5. The molecule has 0 unspecified atom stereocenters. The second-order valence-corrected chi connectivity index (χ2v) is 11.6. The summed E-state index contributed by atoms with van der Waals surface area (Å²) in [5, 5.41) is 3.36. The van der Waals surface area contributed by atoms with E-state index in [1.807, 2.05) is 0 Å². The Labute approximate surface area is 209 Å². The highest BCUT2D eigenvalue weighted by molar-refractivity contribution is 7.92. The van der Waals surface area contributed by atoms with Crippen LogP contribution in [0.25, 0.3) is 0 Å². The zero-order valence-corrected chi connectivity index (χ0v) is 21.9. The van der Waals surface area contributed by atoms with Crippen molar-refractivity contribution in [1.29, 1.82) is 0 Å². The fourth-order valence-corrected chi connectivity index (χ4v) is 4.53. The lowest BCUT2D eigenvalue weighted by Crippen LogP contribution is -2.54. The number of nitrogens with one attached hydrogen (secondary N) is 1. The van der Waals surface area contributed by atoms with Crippen molar-refractivity contribution in [3.05, 3.63) is 63.9 Å². The van der Waals surface area contributed by atoms with Gasteiger partial charge in [0.15, 0.2) is 0 Å². The molecule has 2 amide bonds. The first-order valence-corrected chi connectivity index (χ1v) is 13.0. The van der Waals surface area contributed by atoms with Crippen LogP contribution < -0.4 is 9.62 Å². The first kappa shape index (κ1) is 27.9. The summed E-state index contributed by atoms with van der Waals surface area (Å²) in [5.74, 6) is -2.00. The van der Waals surface area contributed by atoms with Crippen molar-refractivity contribution in [1.82, 2.24) is 10.2 Å². The van der Waals surface area contributed by atoms with Crippen LogP contribution in [0.4, 0.5) is 10.1 Å². The van der Waals surface area contributed by atoms with Crippen LogP contribution in [0, 0.1) is 5.82 Å². The molecule has 2 aromatic carbocycles. The molecule has 2 rings (SSSR count). The standard InChI is InChI=1S/C23H28Cl2FN3O4S/c1-15(22(31)27-23(2,3)4)28(13-16-17(24)9-8-10-18(16)25)21(30)14-29(34(5,32)33)20-12-7-6-11-19(20)26/h6-12,15H,13-14H2,1-5H3,(H,27,31)/t15-/m1/s1. The fourth-order valence-electron chi connectivity index (χ4n) is 3.16. The van der Waals surface area contributed by atoms with Crippen LogP contribution in [-0.2, 0) is 26.2 Å². The predicted octanol–water partition coefficient (Wildman–Crippen LogP) is 4.23. The average molecular weight is 532 g/mol. The van der Waals surface area contributed by atoms with Crippen molar-refractivity contribution in [2.75, 3.05) is 17.1 Å². The van der Waals surface area contributed by atoms with Gasteiger partial charge in [0.05, 0.1) is 11.9 Å². The molecule has 0 bridgehead atoms. The van der Waals surface area contributed by atoms with Crippen LogP contribution in [0.5, 0.6) is 0 Å². The fraction of sp³-hybridized carbons (Fsp3) is 0.391. The van der Waals surface area contributed by atoms with Crippen molar-refractivity contribution in [2.24, 2.45) is 0 Å². The van der Waals surface area contributed by atoms with Gasteiger partial charge >= 0.3 is 0 Å². The lowest BCUT2D eigenvalue weighted by Gasteiger charge is -2.33. The lowest BCUT2D eigenvalue weighted by molar-refractivity contribution is -0.140. The van der Waals surface area contributed by atoms with E-state index in [9.17, 15) is 22.4 Å². The van der Waals surface area contributed by atoms with E-state index in [1.165, 1.54) is 30.0 Å². The van der Waals surface area contributed by atoms with Crippen LogP contribution in [0.2, 0.25) is 10.0 Å². The van der Waals surface area contributed by atoms with Gasteiger partial charge in [-0.05, 0) is 52.0 Å². The number of benzene rings is 2. The minimum Gasteiger partial charge on any atom is -0.350 e. The number of hydrogen-bond donors (Lipinski definition) is 1. The van der Waals surface area contributed by atoms with Crippen LogP contribution in [0.3, 0.4) is 0 Å². The van der Waals surface area contributed by atoms with E-state index >= 15 is 0 Å². The Morgan fingerprint density at radius 3 is 2.12 bits per heavy atom. The Hall–Kier alpha value is -2.36. The van der Waals surface area contributed by atoms with Gasteiger partial charge in [-0.25, -0.2) is 12.8 Å². The number of rotatable bonds is 8. The molecule has 0 heterocycles. The van der Waals surface area contributed by atoms with Crippen molar-refractivity contribution >= 4 is 50.7 Å². The summed E-state index contributed by atoms with van der Waals surface area (Å²) in [6.07, 6.45) is 0.873. The second kappa shape index (κ2) is 10.9. The quantitative estimate of drug-likeness (QED) is 0.552. The van der Waals surface area contributed by atoms with Crippen molar-refractivity contribution < 1.29 is 22.4 Å². The van der Waals surface area contributed by atoms with Crippen molar-refractivity contribution in [3.63, 3.8) is 0 Å². The first-order valence-electron chi connectivity index (χ1n) is 10.4. The van der Waals surface area contributed by atoms with Gasteiger partial charge in [-0.1, -0.05) is 41.4 Å². The van der Waals surface area contributed by atoms with E-state index in [1.54, 1.807) is 39.0 Å². The minimum absolute atomic E-state index is 0.162. The number of nitrogens with zero attached hydrogens (tertiary/aromatic N) is 2. The third-order valence-electron chi connectivity index (χ3n) is 4.86. The largest absolute Gasteiger partial charge is 0.350 e. The van der Waals surface area contributed by atoms with Gasteiger partial charge in [0.1, 0.15) is 18.4 Å². The minimum atomic E-state index is -4.04. The van der Waals surface area contributed by atoms with Gasteiger partial charge in [-0.3, -0.25) is 13.9 Å². The molecule has 7 nitrogen and oxygen atoms in total. The molecule has 0 spiro atoms. The summed E-state index contributed by atoms with van der Waals surface area (Å²) in [6, 6.07) is 9.03. The van der Waals surface area contributed by atoms with Gasteiger partial charge in [0.25, 0.3) is 0 Å². The molecule has 0 radical (unpaired) electrons. The molecule has 1 N–H and O–H groups in total. The molecule has 2 aromatic rings. The zero-order chi connectivity index (χ0) is 25.8. The number of carbonyl (C=O) groups is 2. The monoisotopic (exact) mass is 531 g/mol. The molecule has 1 atom stereocenters. The SMILES string of the molecule is C[C@H](C(=O)NC(C)(C)C)N(Cc1c(Cl)cccc1Cl)C(=O)CN(c1ccccc1F)S(C)(=O)=O. The number of carbonyl (C=O) groups excluding carboxylic acids is 2. The van der Waals surface area contributed by atoms with Crippen molar-refractivity contribution in [3.8, 4) is 0 Å². The second-order valence-electron chi connectivity index (χ2n) is 8.86. The summed E-state index contributed by atoms with van der Waals surface area (Å²) < 4.78 is 40.0. The third kappa shape index (κ3) is 7.32. The highest BCUT2D eigenvalue weighted by Crippen LogP contribution is 2.27. The van der Waals surface area contributed by atoms with E-state index in [0.717, 1.165) is 12.3 Å². The van der Waals surface area contributed by atoms with E-state index in [4.69, 9.17) is 23.2 Å². The molecule has 0 aliphatic heterocycles. The third-order valence-corrected chi connectivity index (χ3v) is 6.69. The summed E-state index contributed by atoms with van der Waals surface area (Å²) in [5.41, 5.74) is -0.458. The maximum Gasteiger partial charge on any atom is 0.244 e. The van der Waals surface area contributed by atoms with Crippen LogP contribution in [0.15, 0.2) is 42.5 Å². The Morgan fingerprint density at radius 1 is 1.06 bits per heavy atom. The number of amides is 2. The first-order chi connectivity index (χ1) is 15.6. The maximum absolute atomic E-state index is 14.4. The molecule has 0 aromatic heterocycles. The van der Waals surface area contributed by atoms with Gasteiger partial charge in [-0.15, -0.1) is 0 Å². The van der Waals surface area contributed by atoms with E-state index in [2.05, 4.69) is 5.32 Å². The van der Waals surface area contributed by atoms with Gasteiger partial charge in [0, 0.05) is 27.7 Å². The molecule has 11 heteroatoms. The van der Waals surface area contributed by atoms with E-state index < -0.39 is 45.8 Å². The Bertz CT molecular complexity index is 1150. The van der Waals surface area contributed by atoms with Crippen LogP contribution in [-0.4, -0.2) is 49.5 Å². The summed E-state index contributed by atoms with van der Waals surface area (Å²) in [4.78, 5) is 27.5.